The van der Waals surface area contributed by atoms with Gasteiger partial charge in [-0.25, -0.2) is 0 Å². The minimum Gasteiger partial charge on any atom is -0.303 e. The number of carbonyl (C=O) groups excluding carboxylic acids is 1. The predicted octanol–water partition coefficient (Wildman–Crippen LogP) is 3.15. The van der Waals surface area contributed by atoms with Gasteiger partial charge in [0.1, 0.15) is 6.29 Å². The van der Waals surface area contributed by atoms with Gasteiger partial charge in [0.15, 0.2) is 0 Å². The average Bonchev–Trinajstić information content (AvgIpc) is 2.25. The van der Waals surface area contributed by atoms with Gasteiger partial charge in [0.25, 0.3) is 0 Å². The minimum atomic E-state index is 0.676. The second kappa shape index (κ2) is 7.07. The molecule has 1 nitrogen and oxygen atoms in total. The number of unbranched alkanes of at least 4 members (excludes halogenated alkanes) is 2. The van der Waals surface area contributed by atoms with Crippen molar-refractivity contribution < 1.29 is 4.79 Å². The van der Waals surface area contributed by atoms with Gasteiger partial charge < -0.3 is 4.79 Å². The minimum absolute atomic E-state index is 0.676. The summed E-state index contributed by atoms with van der Waals surface area (Å²) >= 11 is 0. The lowest BCUT2D eigenvalue weighted by Gasteiger charge is -1.94. The fourth-order valence-corrected chi connectivity index (χ4v) is 1.27. The van der Waals surface area contributed by atoms with Gasteiger partial charge in [-0.2, -0.15) is 0 Å². The van der Waals surface area contributed by atoms with Crippen LogP contribution in [0.25, 0.3) is 0 Å². The molecule has 1 aromatic carbocycles. The molecule has 0 aromatic heterocycles. The second-order valence-corrected chi connectivity index (χ2v) is 3.26. The molecule has 0 aliphatic rings. The Morgan fingerprint density at radius 3 is 2.50 bits per heavy atom. The molecule has 0 N–H and O–H groups in total. The number of benzene rings is 1. The zero-order chi connectivity index (χ0) is 10.1. The van der Waals surface area contributed by atoms with Crippen LogP contribution in [0.5, 0.6) is 0 Å². The van der Waals surface area contributed by atoms with Crippen molar-refractivity contribution in [2.24, 2.45) is 0 Å². The topological polar surface area (TPSA) is 17.1 Å². The average molecular weight is 188 g/mol. The molecule has 0 saturated heterocycles. The largest absolute Gasteiger partial charge is 0.303 e. The zero-order valence-electron chi connectivity index (χ0n) is 8.36. The van der Waals surface area contributed by atoms with E-state index in [2.05, 4.69) is 36.4 Å². The SMILES string of the molecule is O=CCCC/C=C/Cc1ccccc1. The third-order valence-electron chi connectivity index (χ3n) is 2.06. The van der Waals surface area contributed by atoms with E-state index in [0.717, 1.165) is 25.5 Å². The Hall–Kier alpha value is -1.37. The van der Waals surface area contributed by atoms with Crippen LogP contribution in [-0.4, -0.2) is 6.29 Å². The Kier molecular flexibility index (Phi) is 5.41. The quantitative estimate of drug-likeness (QED) is 0.381. The van der Waals surface area contributed by atoms with E-state index >= 15 is 0 Å². The maximum atomic E-state index is 10.0. The predicted molar refractivity (Wildman–Crippen MR) is 59.2 cm³/mol. The lowest BCUT2D eigenvalue weighted by Crippen LogP contribution is -1.79. The molecule has 14 heavy (non-hydrogen) atoms. The Morgan fingerprint density at radius 1 is 1.00 bits per heavy atom. The summed E-state index contributed by atoms with van der Waals surface area (Å²) in [6, 6.07) is 10.4. The molecular formula is C13H16O. The molecule has 1 aromatic rings. The van der Waals surface area contributed by atoms with E-state index in [9.17, 15) is 4.79 Å². The van der Waals surface area contributed by atoms with E-state index in [1.165, 1.54) is 5.56 Å². The third-order valence-corrected chi connectivity index (χ3v) is 2.06. The highest BCUT2D eigenvalue weighted by Gasteiger charge is 1.85. The number of hydrogen-bond acceptors (Lipinski definition) is 1. The maximum Gasteiger partial charge on any atom is 0.120 e. The van der Waals surface area contributed by atoms with E-state index in [1.807, 2.05) is 6.07 Å². The van der Waals surface area contributed by atoms with E-state index < -0.39 is 0 Å². The highest BCUT2D eigenvalue weighted by atomic mass is 16.1. The van der Waals surface area contributed by atoms with Crippen LogP contribution in [0.15, 0.2) is 42.5 Å². The van der Waals surface area contributed by atoms with Gasteiger partial charge >= 0.3 is 0 Å². The zero-order valence-corrected chi connectivity index (χ0v) is 8.36. The van der Waals surface area contributed by atoms with Crippen LogP contribution in [0.4, 0.5) is 0 Å². The van der Waals surface area contributed by atoms with Crippen molar-refractivity contribution in [1.29, 1.82) is 0 Å². The standard InChI is InChI=1S/C13H16O/c14-12-8-3-1-2-5-9-13-10-6-4-7-11-13/h2,4-7,10-12H,1,3,8-9H2/b5-2+. The first-order valence-electron chi connectivity index (χ1n) is 5.06. The monoisotopic (exact) mass is 188 g/mol. The number of hydrogen-bond donors (Lipinski definition) is 0. The molecule has 0 heterocycles. The molecule has 0 atom stereocenters. The molecule has 0 aliphatic heterocycles. The lowest BCUT2D eigenvalue weighted by atomic mass is 10.1. The first-order chi connectivity index (χ1) is 6.93. The number of allylic oxidation sites excluding steroid dienone is 2. The third kappa shape index (κ3) is 4.61. The molecule has 0 bridgehead atoms. The molecule has 0 amide bonds. The normalized spacial score (nSPS) is 10.6. The van der Waals surface area contributed by atoms with Gasteiger partial charge in [0, 0.05) is 6.42 Å². The van der Waals surface area contributed by atoms with Crippen LogP contribution in [0.3, 0.4) is 0 Å². The lowest BCUT2D eigenvalue weighted by molar-refractivity contribution is -0.107. The van der Waals surface area contributed by atoms with Crippen LogP contribution >= 0.6 is 0 Å². The molecule has 0 saturated carbocycles. The summed E-state index contributed by atoms with van der Waals surface area (Å²) in [5.41, 5.74) is 1.33. The summed E-state index contributed by atoms with van der Waals surface area (Å²) in [6.07, 6.45) is 8.93. The highest BCUT2D eigenvalue weighted by Crippen LogP contribution is 2.01. The van der Waals surface area contributed by atoms with Gasteiger partial charge in [0.05, 0.1) is 0 Å². The fraction of sp³-hybridized carbons (Fsp3) is 0.308. The first kappa shape index (κ1) is 10.7. The Morgan fingerprint density at radius 2 is 1.79 bits per heavy atom. The highest BCUT2D eigenvalue weighted by molar-refractivity contribution is 5.49. The van der Waals surface area contributed by atoms with Gasteiger partial charge in [-0.1, -0.05) is 42.5 Å². The smallest absolute Gasteiger partial charge is 0.120 e. The van der Waals surface area contributed by atoms with E-state index in [0.29, 0.717) is 6.42 Å². The molecule has 0 radical (unpaired) electrons. The van der Waals surface area contributed by atoms with E-state index in [1.54, 1.807) is 0 Å². The number of carbonyl (C=O) groups is 1. The molecule has 1 heteroatoms. The summed E-state index contributed by atoms with van der Waals surface area (Å²) in [5, 5.41) is 0. The summed E-state index contributed by atoms with van der Waals surface area (Å²) in [6.45, 7) is 0. The molecule has 74 valence electrons. The van der Waals surface area contributed by atoms with Crippen molar-refractivity contribution in [2.75, 3.05) is 0 Å². The first-order valence-corrected chi connectivity index (χ1v) is 5.06. The number of rotatable bonds is 6. The van der Waals surface area contributed by atoms with E-state index in [-0.39, 0.29) is 0 Å². The van der Waals surface area contributed by atoms with Gasteiger partial charge in [-0.3, -0.25) is 0 Å². The summed E-state index contributed by atoms with van der Waals surface area (Å²) < 4.78 is 0. The van der Waals surface area contributed by atoms with Gasteiger partial charge in [0.2, 0.25) is 0 Å². The van der Waals surface area contributed by atoms with Crippen molar-refractivity contribution in [3.8, 4) is 0 Å². The van der Waals surface area contributed by atoms with Crippen LogP contribution < -0.4 is 0 Å². The molecule has 0 aliphatic carbocycles. The van der Waals surface area contributed by atoms with Crippen LogP contribution in [0, 0.1) is 0 Å². The Balaban J connectivity index is 2.17. The van der Waals surface area contributed by atoms with Crippen LogP contribution in [-0.2, 0) is 11.2 Å². The number of aldehydes is 1. The van der Waals surface area contributed by atoms with Crippen molar-refractivity contribution in [2.45, 2.75) is 25.7 Å². The Bertz CT molecular complexity index is 275. The molecule has 0 spiro atoms. The van der Waals surface area contributed by atoms with Gasteiger partial charge in [-0.15, -0.1) is 0 Å². The van der Waals surface area contributed by atoms with Crippen molar-refractivity contribution in [3.05, 3.63) is 48.0 Å². The summed E-state index contributed by atoms with van der Waals surface area (Å²) in [5.74, 6) is 0. The molecule has 0 unspecified atom stereocenters. The van der Waals surface area contributed by atoms with Crippen molar-refractivity contribution in [1.82, 2.24) is 0 Å². The molecule has 1 rings (SSSR count). The molecular weight excluding hydrogens is 172 g/mol. The Labute approximate surface area is 85.5 Å². The second-order valence-electron chi connectivity index (χ2n) is 3.26. The summed E-state index contributed by atoms with van der Waals surface area (Å²) in [7, 11) is 0. The van der Waals surface area contributed by atoms with Crippen LogP contribution in [0.1, 0.15) is 24.8 Å². The fourth-order valence-electron chi connectivity index (χ4n) is 1.27. The van der Waals surface area contributed by atoms with Gasteiger partial charge in [-0.05, 0) is 24.8 Å². The van der Waals surface area contributed by atoms with Crippen molar-refractivity contribution >= 4 is 6.29 Å². The van der Waals surface area contributed by atoms with Crippen LogP contribution in [0.2, 0.25) is 0 Å². The van der Waals surface area contributed by atoms with Crippen molar-refractivity contribution in [3.63, 3.8) is 0 Å². The molecule has 0 fully saturated rings. The van der Waals surface area contributed by atoms with E-state index in [4.69, 9.17) is 0 Å². The maximum absolute atomic E-state index is 10.0. The summed E-state index contributed by atoms with van der Waals surface area (Å²) in [4.78, 5) is 10.0.